The number of Topliss-reactive ketones (excluding diaryl/α,β-unsaturated/α-hetero) is 1. The fourth-order valence-corrected chi connectivity index (χ4v) is 6.03. The predicted octanol–water partition coefficient (Wildman–Crippen LogP) is 4.43. The van der Waals surface area contributed by atoms with Gasteiger partial charge < -0.3 is 28.5 Å². The number of nitrogens with one attached hydrogen (secondary N) is 1. The van der Waals surface area contributed by atoms with E-state index in [1.54, 1.807) is 17.0 Å². The van der Waals surface area contributed by atoms with E-state index in [1.807, 2.05) is 17.0 Å². The van der Waals surface area contributed by atoms with Crippen LogP contribution in [0.5, 0.6) is 0 Å². The van der Waals surface area contributed by atoms with Gasteiger partial charge in [-0.05, 0) is 57.4 Å². The maximum Gasteiger partial charge on any atom is 0.307 e. The summed E-state index contributed by atoms with van der Waals surface area (Å²) >= 11 is 0. The summed E-state index contributed by atoms with van der Waals surface area (Å²) in [4.78, 5) is 50.3. The Hall–Kier alpha value is -5.54. The molecule has 330 valence electrons. The number of hydrogen-bond acceptors (Lipinski definition) is 16. The Morgan fingerprint density at radius 1 is 0.729 bits per heavy atom. The maximum absolute atomic E-state index is 11.0. The molecule has 3 saturated carbocycles. The molecule has 0 spiro atoms. The minimum absolute atomic E-state index is 0. The van der Waals surface area contributed by atoms with Gasteiger partial charge in [0.05, 0.1) is 63.2 Å². The number of aliphatic hydroxyl groups excluding tert-OH is 3. The summed E-state index contributed by atoms with van der Waals surface area (Å²) in [5.41, 5.74) is 6.20. The van der Waals surface area contributed by atoms with Crippen LogP contribution in [0.2, 0.25) is 0 Å². The first-order chi connectivity index (χ1) is 26.8. The van der Waals surface area contributed by atoms with E-state index in [0.717, 1.165) is 64.7 Å². The third kappa shape index (κ3) is 17.9. The maximum atomic E-state index is 11.0. The molecule has 0 aliphatic heterocycles. The van der Waals surface area contributed by atoms with E-state index in [0.29, 0.717) is 31.0 Å². The Morgan fingerprint density at radius 2 is 1.22 bits per heavy atom. The molecule has 8 rings (SSSR count). The fraction of sp³-hybridized carbons (Fsp3) is 0.514. The van der Waals surface area contributed by atoms with Gasteiger partial charge in [0.25, 0.3) is 0 Å². The number of carbonyl (C=O) groups is 2. The Labute approximate surface area is 353 Å². The number of nitrogen functional groups attached to an aromatic ring is 1. The van der Waals surface area contributed by atoms with Crippen molar-refractivity contribution in [3.63, 3.8) is 0 Å². The van der Waals surface area contributed by atoms with Crippen LogP contribution in [0.15, 0.2) is 61.7 Å². The van der Waals surface area contributed by atoms with Gasteiger partial charge in [-0.15, -0.1) is 0 Å². The first kappa shape index (κ1) is 53.5. The number of rotatable bonds is 6. The van der Waals surface area contributed by atoms with Crippen LogP contribution in [0.4, 0.5) is 22.7 Å². The number of carbonyl (C=O) groups excluding carboxylic acids is 2. The second-order valence-electron chi connectivity index (χ2n) is 12.9. The Kier molecular flexibility index (Phi) is 24.7. The molecule has 59 heavy (non-hydrogen) atoms. The Morgan fingerprint density at radius 3 is 1.51 bits per heavy atom. The van der Waals surface area contributed by atoms with Crippen molar-refractivity contribution in [3.05, 3.63) is 99.5 Å². The van der Waals surface area contributed by atoms with Crippen LogP contribution in [0.25, 0.3) is 0 Å². The molecule has 0 aromatic carbocycles. The fourth-order valence-electron chi connectivity index (χ4n) is 6.03. The van der Waals surface area contributed by atoms with Crippen molar-refractivity contribution in [2.24, 2.45) is 0 Å². The topological polar surface area (TPSA) is 332 Å². The number of aromatic nitrogens is 8. The molecule has 4 aliphatic rings. The molecule has 0 radical (unpaired) electrons. The minimum Gasteiger partial charge on any atom is -0.400 e. The molecule has 24 heteroatoms. The number of H-pyrrole nitrogens is 1. The summed E-state index contributed by atoms with van der Waals surface area (Å²) < 4.78 is 4.95. The van der Waals surface area contributed by atoms with E-state index in [1.165, 1.54) is 35.7 Å². The van der Waals surface area contributed by atoms with Crippen LogP contribution in [0.3, 0.4) is 0 Å². The van der Waals surface area contributed by atoms with Crippen molar-refractivity contribution in [3.8, 4) is 0 Å². The van der Waals surface area contributed by atoms with Crippen LogP contribution in [0, 0.1) is 37.8 Å². The molecular formula is C35H53N12O11Pd-. The van der Waals surface area contributed by atoms with Crippen LogP contribution in [-0.4, -0.2) is 101 Å². The molecule has 5 atom stereocenters. The predicted molar refractivity (Wildman–Crippen MR) is 210 cm³/mol. The van der Waals surface area contributed by atoms with Gasteiger partial charge in [-0.1, -0.05) is 13.5 Å². The van der Waals surface area contributed by atoms with E-state index in [9.17, 15) is 50.1 Å². The van der Waals surface area contributed by atoms with Crippen LogP contribution in [-0.2, 0) is 30.0 Å². The van der Waals surface area contributed by atoms with Gasteiger partial charge in [0.1, 0.15) is 36.8 Å². The van der Waals surface area contributed by atoms with E-state index in [2.05, 4.69) is 25.5 Å². The summed E-state index contributed by atoms with van der Waals surface area (Å²) in [7, 11) is 1.00. The van der Waals surface area contributed by atoms with E-state index >= 15 is 0 Å². The monoisotopic (exact) mass is 923 g/mol. The second-order valence-corrected chi connectivity index (χ2v) is 12.9. The Bertz CT molecular complexity index is 1900. The first-order valence-corrected chi connectivity index (χ1v) is 17.6. The minimum atomic E-state index is -0.510. The summed E-state index contributed by atoms with van der Waals surface area (Å²) in [6, 6.07) is 0.465. The second kappa shape index (κ2) is 27.2. The van der Waals surface area contributed by atoms with Crippen molar-refractivity contribution in [1.29, 1.82) is 0 Å². The van der Waals surface area contributed by atoms with Crippen molar-refractivity contribution in [2.75, 3.05) is 12.8 Å². The SMILES string of the molecule is C.CO.Nc1cnn(C2CCC(O)C2)c1.O=C1C=CCC1.O=C1CCC(n2cc([N+](=O)[O-])cn2)C1.O=[N+]([O-])c1cn[nH]c1.O=[N+]([O-])c1cnn(C2CCC(O)C2)c1.[CH3-].[Pd]. The molecule has 0 bridgehead atoms. The first-order valence-electron chi connectivity index (χ1n) is 17.6. The standard InChI is InChI=1S/C8H11N3O3.C8H9N3O3.C8H13N3O.C5H6O.C3H3N3O2.CH4O.CH4.CH3.Pd/c2*12-8-2-1-6(3-8)10-5-7(4-9-10)11(13)14;9-6-4-10-11(5-6)7-1-2-8(12)3-7;6-5-3-1-2-4-5;7-6(8)3-1-4-5-2-3;1-2;;;/h4-6,8,12H,1-3H2;4-6H,1-3H2;4-5,7-8,12H,1-3,9H2;1,3H,2,4H2;1-2H,(H,4,5);2H,1H3;1H4;1H3;/q;;;;;;;-1;. The largest absolute Gasteiger partial charge is 0.400 e. The summed E-state index contributed by atoms with van der Waals surface area (Å²) in [5.74, 6) is 0.475. The number of ketones is 2. The number of anilines is 1. The molecule has 3 fully saturated rings. The van der Waals surface area contributed by atoms with Gasteiger partial charge in [0, 0.05) is 53.0 Å². The molecule has 5 unspecified atom stereocenters. The summed E-state index contributed by atoms with van der Waals surface area (Å²) in [6.45, 7) is 0. The van der Waals surface area contributed by atoms with Gasteiger partial charge in [-0.3, -0.25) is 59.1 Å². The van der Waals surface area contributed by atoms with Gasteiger partial charge in [0.15, 0.2) is 5.78 Å². The normalized spacial score (nSPS) is 20.7. The summed E-state index contributed by atoms with van der Waals surface area (Å²) in [6.07, 6.45) is 22.5. The van der Waals surface area contributed by atoms with E-state index in [-0.39, 0.29) is 88.2 Å². The number of aromatic amines is 1. The molecule has 4 heterocycles. The van der Waals surface area contributed by atoms with Crippen molar-refractivity contribution >= 4 is 34.3 Å². The number of nitrogens with zero attached hydrogens (tertiary/aromatic N) is 10. The molecule has 4 aromatic heterocycles. The summed E-state index contributed by atoms with van der Waals surface area (Å²) in [5, 5.41) is 73.8. The van der Waals surface area contributed by atoms with Gasteiger partial charge in [-0.25, -0.2) is 0 Å². The molecule has 0 saturated heterocycles. The number of nitrogens with two attached hydrogens (primary N) is 1. The van der Waals surface area contributed by atoms with Crippen LogP contribution >= 0.6 is 0 Å². The number of allylic oxidation sites excluding steroid dienone is 2. The van der Waals surface area contributed by atoms with Crippen LogP contribution in [0.1, 0.15) is 96.2 Å². The molecule has 4 aliphatic carbocycles. The van der Waals surface area contributed by atoms with Gasteiger partial charge >= 0.3 is 17.1 Å². The zero-order valence-corrected chi connectivity index (χ0v) is 33.5. The van der Waals surface area contributed by atoms with Crippen molar-refractivity contribution in [2.45, 2.75) is 108 Å². The van der Waals surface area contributed by atoms with E-state index in [4.69, 9.17) is 10.8 Å². The molecule has 0 amide bonds. The Balaban J connectivity index is 0.000000714. The molecular weight excluding hydrogens is 871 g/mol. The smallest absolute Gasteiger partial charge is 0.307 e. The number of aliphatic hydroxyl groups is 3. The zero-order valence-electron chi connectivity index (χ0n) is 31.9. The average molecular weight is 924 g/mol. The van der Waals surface area contributed by atoms with Gasteiger partial charge in [-0.2, -0.15) is 20.4 Å². The van der Waals surface area contributed by atoms with Crippen molar-refractivity contribution < 1.29 is 60.1 Å². The average Bonchev–Trinajstić information content (AvgIpc) is 4.01. The van der Waals surface area contributed by atoms with Crippen LogP contribution < -0.4 is 5.73 Å². The number of hydrogen-bond donors (Lipinski definition) is 5. The number of nitro groups is 3. The zero-order chi connectivity index (χ0) is 41.2. The van der Waals surface area contributed by atoms with E-state index < -0.39 is 14.8 Å². The third-order valence-electron chi connectivity index (χ3n) is 8.87. The van der Waals surface area contributed by atoms with Crippen molar-refractivity contribution in [1.82, 2.24) is 39.5 Å². The quantitative estimate of drug-likeness (QED) is 0.0773. The third-order valence-corrected chi connectivity index (χ3v) is 8.87. The van der Waals surface area contributed by atoms with Gasteiger partial charge in [0.2, 0.25) is 0 Å². The molecule has 23 nitrogen and oxygen atoms in total. The molecule has 4 aromatic rings. The molecule has 6 N–H and O–H groups in total.